The van der Waals surface area contributed by atoms with Gasteiger partial charge in [-0.3, -0.25) is 14.9 Å². The number of nitrogens with one attached hydrogen (secondary N) is 2. The highest BCUT2D eigenvalue weighted by Gasteiger charge is 2.19. The number of hydrogen-bond acceptors (Lipinski definition) is 4. The highest BCUT2D eigenvalue weighted by atomic mass is 32.2. The molecule has 0 radical (unpaired) electrons. The van der Waals surface area contributed by atoms with E-state index in [9.17, 15) is 14.4 Å². The third-order valence-electron chi connectivity index (χ3n) is 1.84. The van der Waals surface area contributed by atoms with E-state index in [1.807, 2.05) is 0 Å². The van der Waals surface area contributed by atoms with Gasteiger partial charge in [-0.1, -0.05) is 6.92 Å². The summed E-state index contributed by atoms with van der Waals surface area (Å²) in [6.07, 6.45) is -0.0105. The van der Waals surface area contributed by atoms with Crippen molar-refractivity contribution in [3.05, 3.63) is 0 Å². The van der Waals surface area contributed by atoms with Gasteiger partial charge in [0.25, 0.3) is 0 Å². The topological polar surface area (TPSA) is 95.5 Å². The van der Waals surface area contributed by atoms with Gasteiger partial charge in [0.2, 0.25) is 5.91 Å². The summed E-state index contributed by atoms with van der Waals surface area (Å²) < 4.78 is 0. The van der Waals surface area contributed by atoms with Gasteiger partial charge in [-0.15, -0.1) is 11.8 Å². The minimum atomic E-state index is -0.902. The van der Waals surface area contributed by atoms with Crippen molar-refractivity contribution in [2.45, 2.75) is 37.7 Å². The molecule has 7 heteroatoms. The molecule has 0 aromatic rings. The fraction of sp³-hybridized carbons (Fsp3) is 0.700. The molecule has 0 aromatic heterocycles. The number of thioether (sulfide) groups is 1. The number of carboxylic acids is 1. The Labute approximate surface area is 105 Å². The van der Waals surface area contributed by atoms with Crippen LogP contribution >= 0.6 is 11.8 Å². The maximum absolute atomic E-state index is 11.5. The number of aliphatic carboxylic acids is 1. The fourth-order valence-corrected chi connectivity index (χ4v) is 2.24. The Kier molecular flexibility index (Phi) is 7.36. The van der Waals surface area contributed by atoms with Crippen molar-refractivity contribution in [3.63, 3.8) is 0 Å². The number of imide groups is 1. The fourth-order valence-electron chi connectivity index (χ4n) is 1.12. The van der Waals surface area contributed by atoms with E-state index in [0.717, 1.165) is 0 Å². The Balaban J connectivity index is 4.04. The van der Waals surface area contributed by atoms with E-state index in [4.69, 9.17) is 5.11 Å². The maximum Gasteiger partial charge on any atom is 0.321 e. The van der Waals surface area contributed by atoms with Crippen LogP contribution < -0.4 is 10.6 Å². The van der Waals surface area contributed by atoms with Crippen molar-refractivity contribution in [2.24, 2.45) is 0 Å². The molecule has 98 valence electrons. The lowest BCUT2D eigenvalue weighted by atomic mass is 10.3. The predicted octanol–water partition coefficient (Wildman–Crippen LogP) is 0.817. The quantitative estimate of drug-likeness (QED) is 0.658. The second-order valence-corrected chi connectivity index (χ2v) is 5.32. The summed E-state index contributed by atoms with van der Waals surface area (Å²) in [5.74, 6) is -1.32. The highest BCUT2D eigenvalue weighted by molar-refractivity contribution is 8.01. The first kappa shape index (κ1) is 15.8. The highest BCUT2D eigenvalue weighted by Crippen LogP contribution is 2.20. The van der Waals surface area contributed by atoms with Crippen molar-refractivity contribution in [1.82, 2.24) is 10.6 Å². The van der Waals surface area contributed by atoms with Crippen LogP contribution in [-0.2, 0) is 9.59 Å². The molecule has 0 aliphatic heterocycles. The normalized spacial score (nSPS) is 13.6. The molecular formula is C10H18N2O4S. The van der Waals surface area contributed by atoms with E-state index in [2.05, 4.69) is 10.6 Å². The standard InChI is InChI=1S/C10H18N2O4S/c1-4-11-10(16)12-9(15)7(3)17-6(2)5-8(13)14/h6-7H,4-5H2,1-3H3,(H,13,14)(H2,11,12,15,16). The van der Waals surface area contributed by atoms with Crippen LogP contribution in [-0.4, -0.2) is 40.1 Å². The molecule has 2 unspecified atom stereocenters. The average Bonchev–Trinajstić information content (AvgIpc) is 2.15. The van der Waals surface area contributed by atoms with Gasteiger partial charge in [0, 0.05) is 11.8 Å². The van der Waals surface area contributed by atoms with Gasteiger partial charge in [0.05, 0.1) is 11.7 Å². The molecule has 0 bridgehead atoms. The zero-order chi connectivity index (χ0) is 13.4. The van der Waals surface area contributed by atoms with Crippen LogP contribution in [0.15, 0.2) is 0 Å². The second kappa shape index (κ2) is 7.94. The Hall–Kier alpha value is -1.24. The van der Waals surface area contributed by atoms with E-state index in [1.54, 1.807) is 20.8 Å². The van der Waals surface area contributed by atoms with Crippen LogP contribution in [0.4, 0.5) is 4.79 Å². The predicted molar refractivity (Wildman–Crippen MR) is 66.0 cm³/mol. The number of amides is 3. The van der Waals surface area contributed by atoms with Crippen molar-refractivity contribution in [1.29, 1.82) is 0 Å². The lowest BCUT2D eigenvalue weighted by Gasteiger charge is -2.15. The second-order valence-electron chi connectivity index (χ2n) is 3.54. The molecule has 2 atom stereocenters. The lowest BCUT2D eigenvalue weighted by molar-refractivity contribution is -0.136. The van der Waals surface area contributed by atoms with Gasteiger partial charge in [0.15, 0.2) is 0 Å². The summed E-state index contributed by atoms with van der Waals surface area (Å²) in [5, 5.41) is 12.6. The van der Waals surface area contributed by atoms with Crippen LogP contribution in [0.2, 0.25) is 0 Å². The van der Waals surface area contributed by atoms with Gasteiger partial charge >= 0.3 is 12.0 Å². The SMILES string of the molecule is CCNC(=O)NC(=O)C(C)SC(C)CC(=O)O. The summed E-state index contributed by atoms with van der Waals surface area (Å²) in [5.41, 5.74) is 0. The Bertz CT molecular complexity index is 296. The van der Waals surface area contributed by atoms with Crippen molar-refractivity contribution in [3.8, 4) is 0 Å². The van der Waals surface area contributed by atoms with Crippen molar-refractivity contribution in [2.75, 3.05) is 6.54 Å². The summed E-state index contributed by atoms with van der Waals surface area (Å²) in [4.78, 5) is 33.0. The molecule has 0 heterocycles. The molecule has 3 amide bonds. The average molecular weight is 262 g/mol. The molecule has 0 aliphatic rings. The number of urea groups is 1. The molecule has 6 nitrogen and oxygen atoms in total. The smallest absolute Gasteiger partial charge is 0.321 e. The molecule has 0 aliphatic carbocycles. The Morgan fingerprint density at radius 1 is 1.29 bits per heavy atom. The maximum atomic E-state index is 11.5. The molecular weight excluding hydrogens is 244 g/mol. The molecule has 0 fully saturated rings. The van der Waals surface area contributed by atoms with Gasteiger partial charge in [-0.25, -0.2) is 4.79 Å². The van der Waals surface area contributed by atoms with Crippen LogP contribution in [0.3, 0.4) is 0 Å². The van der Waals surface area contributed by atoms with Crippen LogP contribution in [0, 0.1) is 0 Å². The Morgan fingerprint density at radius 2 is 1.88 bits per heavy atom. The molecule has 3 N–H and O–H groups in total. The summed E-state index contributed by atoms with van der Waals surface area (Å²) in [6, 6.07) is -0.532. The van der Waals surface area contributed by atoms with Gasteiger partial charge in [-0.2, -0.15) is 0 Å². The largest absolute Gasteiger partial charge is 0.481 e. The minimum Gasteiger partial charge on any atom is -0.481 e. The zero-order valence-corrected chi connectivity index (χ0v) is 11.0. The van der Waals surface area contributed by atoms with Crippen molar-refractivity contribution < 1.29 is 19.5 Å². The first-order chi connectivity index (χ1) is 7.86. The number of carbonyl (C=O) groups is 3. The van der Waals surface area contributed by atoms with Crippen molar-refractivity contribution >= 4 is 29.7 Å². The zero-order valence-electron chi connectivity index (χ0n) is 10.1. The van der Waals surface area contributed by atoms with E-state index < -0.39 is 23.2 Å². The van der Waals surface area contributed by atoms with Crippen LogP contribution in [0.25, 0.3) is 0 Å². The summed E-state index contributed by atoms with van der Waals surface area (Å²) >= 11 is 1.22. The molecule has 0 aromatic carbocycles. The van der Waals surface area contributed by atoms with Gasteiger partial charge < -0.3 is 10.4 Å². The number of carbonyl (C=O) groups excluding carboxylic acids is 2. The lowest BCUT2D eigenvalue weighted by Crippen LogP contribution is -2.42. The number of hydrogen-bond donors (Lipinski definition) is 3. The van der Waals surface area contributed by atoms with Gasteiger partial charge in [0.1, 0.15) is 0 Å². The molecule has 0 rings (SSSR count). The third-order valence-corrected chi connectivity index (χ3v) is 3.10. The van der Waals surface area contributed by atoms with Crippen LogP contribution in [0.1, 0.15) is 27.2 Å². The van der Waals surface area contributed by atoms with Gasteiger partial charge in [-0.05, 0) is 13.8 Å². The van der Waals surface area contributed by atoms with E-state index in [-0.39, 0.29) is 11.7 Å². The summed E-state index contributed by atoms with van der Waals surface area (Å²) in [7, 11) is 0. The third kappa shape index (κ3) is 7.62. The molecule has 0 spiro atoms. The summed E-state index contributed by atoms with van der Waals surface area (Å²) in [6.45, 7) is 5.56. The first-order valence-electron chi connectivity index (χ1n) is 5.32. The number of rotatable bonds is 6. The monoisotopic (exact) mass is 262 g/mol. The van der Waals surface area contributed by atoms with E-state index >= 15 is 0 Å². The van der Waals surface area contributed by atoms with E-state index in [0.29, 0.717) is 6.54 Å². The molecule has 0 saturated carbocycles. The van der Waals surface area contributed by atoms with Crippen LogP contribution in [0.5, 0.6) is 0 Å². The minimum absolute atomic E-state index is 0.0105. The van der Waals surface area contributed by atoms with E-state index in [1.165, 1.54) is 11.8 Å². The molecule has 0 saturated heterocycles. The number of carboxylic acid groups (broad SMARTS) is 1. The Morgan fingerprint density at radius 3 is 2.35 bits per heavy atom. The molecule has 17 heavy (non-hydrogen) atoms. The first-order valence-corrected chi connectivity index (χ1v) is 6.27.